The second-order valence-electron chi connectivity index (χ2n) is 4.51. The Bertz CT molecular complexity index is 388. The monoisotopic (exact) mass is 330 g/mol. The van der Waals surface area contributed by atoms with Crippen molar-refractivity contribution in [3.63, 3.8) is 0 Å². The van der Waals surface area contributed by atoms with Crippen LogP contribution < -0.4 is 10.6 Å². The van der Waals surface area contributed by atoms with Crippen molar-refractivity contribution in [2.75, 3.05) is 31.6 Å². The van der Waals surface area contributed by atoms with Crippen molar-refractivity contribution in [2.24, 2.45) is 4.99 Å². The number of hydrogen-bond donors (Lipinski definition) is 2. The molecule has 0 spiro atoms. The van der Waals surface area contributed by atoms with Crippen molar-refractivity contribution >= 4 is 40.8 Å². The van der Waals surface area contributed by atoms with E-state index in [-0.39, 0.29) is 0 Å². The summed E-state index contributed by atoms with van der Waals surface area (Å²) in [7, 11) is 1.83. The molecule has 0 aromatic carbocycles. The first-order chi connectivity index (χ1) is 9.88. The first-order valence-corrected chi connectivity index (χ1v) is 9.88. The molecule has 0 saturated carbocycles. The lowest BCUT2D eigenvalue weighted by Crippen LogP contribution is -2.40. The third-order valence-corrected chi connectivity index (χ3v) is 6.44. The van der Waals surface area contributed by atoms with Gasteiger partial charge in [-0.3, -0.25) is 4.99 Å². The maximum absolute atomic E-state index is 4.26. The first-order valence-electron chi connectivity index (χ1n) is 6.97. The topological polar surface area (TPSA) is 49.3 Å². The number of aliphatic imine (C=N–C) groups is 1. The van der Waals surface area contributed by atoms with Crippen LogP contribution >= 0.6 is 34.9 Å². The SMILES string of the molecule is CN=C(NCCCSc1nccs1)NCC1CCCS1. The lowest BCUT2D eigenvalue weighted by atomic mass is 10.2. The molecule has 2 heterocycles. The van der Waals surface area contributed by atoms with Crippen molar-refractivity contribution in [3.05, 3.63) is 11.6 Å². The molecule has 1 saturated heterocycles. The van der Waals surface area contributed by atoms with Gasteiger partial charge in [-0.2, -0.15) is 11.8 Å². The van der Waals surface area contributed by atoms with Crippen LogP contribution in [0, 0.1) is 0 Å². The van der Waals surface area contributed by atoms with Crippen molar-refractivity contribution in [1.29, 1.82) is 0 Å². The Balaban J connectivity index is 1.52. The Morgan fingerprint density at radius 3 is 3.20 bits per heavy atom. The van der Waals surface area contributed by atoms with E-state index in [2.05, 4.69) is 32.4 Å². The molecular weight excluding hydrogens is 308 g/mol. The molecule has 1 atom stereocenters. The highest BCUT2D eigenvalue weighted by Gasteiger charge is 2.15. The minimum Gasteiger partial charge on any atom is -0.356 e. The molecule has 20 heavy (non-hydrogen) atoms. The summed E-state index contributed by atoms with van der Waals surface area (Å²) in [6.07, 6.45) is 5.66. The zero-order valence-corrected chi connectivity index (χ0v) is 14.3. The Labute approximate surface area is 133 Å². The van der Waals surface area contributed by atoms with Crippen LogP contribution in [0.5, 0.6) is 0 Å². The molecular formula is C13H22N4S3. The van der Waals surface area contributed by atoms with E-state index in [9.17, 15) is 0 Å². The lowest BCUT2D eigenvalue weighted by Gasteiger charge is -2.14. The van der Waals surface area contributed by atoms with E-state index in [1.54, 1.807) is 11.3 Å². The zero-order chi connectivity index (χ0) is 14.0. The average Bonchev–Trinajstić information content (AvgIpc) is 3.14. The smallest absolute Gasteiger partial charge is 0.191 e. The van der Waals surface area contributed by atoms with Crippen molar-refractivity contribution in [1.82, 2.24) is 15.6 Å². The maximum atomic E-state index is 4.26. The molecule has 2 rings (SSSR count). The van der Waals surface area contributed by atoms with Gasteiger partial charge in [-0.1, -0.05) is 11.8 Å². The van der Waals surface area contributed by atoms with E-state index in [4.69, 9.17) is 0 Å². The third kappa shape index (κ3) is 5.93. The number of thiazole rings is 1. The van der Waals surface area contributed by atoms with Crippen molar-refractivity contribution < 1.29 is 0 Å². The largest absolute Gasteiger partial charge is 0.356 e. The van der Waals surface area contributed by atoms with Crippen LogP contribution in [0.2, 0.25) is 0 Å². The first kappa shape index (κ1) is 16.0. The molecule has 1 unspecified atom stereocenters. The predicted octanol–water partition coefficient (Wildman–Crippen LogP) is 2.69. The van der Waals surface area contributed by atoms with Crippen LogP contribution in [-0.2, 0) is 0 Å². The summed E-state index contributed by atoms with van der Waals surface area (Å²) in [5.74, 6) is 3.33. The van der Waals surface area contributed by atoms with Crippen LogP contribution in [0.1, 0.15) is 19.3 Å². The minimum absolute atomic E-state index is 0.758. The van der Waals surface area contributed by atoms with E-state index in [0.29, 0.717) is 0 Å². The van der Waals surface area contributed by atoms with Crippen LogP contribution in [0.25, 0.3) is 0 Å². The van der Waals surface area contributed by atoms with Gasteiger partial charge < -0.3 is 10.6 Å². The maximum Gasteiger partial charge on any atom is 0.191 e. The molecule has 1 aromatic heterocycles. The van der Waals surface area contributed by atoms with Gasteiger partial charge in [-0.15, -0.1) is 11.3 Å². The van der Waals surface area contributed by atoms with Gasteiger partial charge in [0.2, 0.25) is 0 Å². The second-order valence-corrected chi connectivity index (χ2v) is 8.16. The standard InChI is InChI=1S/C13H22N4S3/c1-14-12(17-10-11-4-2-7-18-11)15-5-3-8-19-13-16-6-9-20-13/h6,9,11H,2-5,7-8,10H2,1H3,(H2,14,15,17). The minimum atomic E-state index is 0.758. The van der Waals surface area contributed by atoms with Crippen LogP contribution in [0.3, 0.4) is 0 Å². The molecule has 112 valence electrons. The Kier molecular flexibility index (Phi) is 7.61. The highest BCUT2D eigenvalue weighted by Crippen LogP contribution is 2.25. The predicted molar refractivity (Wildman–Crippen MR) is 92.3 cm³/mol. The van der Waals surface area contributed by atoms with E-state index in [1.165, 1.54) is 18.6 Å². The molecule has 7 heteroatoms. The Hall–Kier alpha value is -0.400. The Morgan fingerprint density at radius 2 is 2.50 bits per heavy atom. The lowest BCUT2D eigenvalue weighted by molar-refractivity contribution is 0.722. The summed E-state index contributed by atoms with van der Waals surface area (Å²) in [4.78, 5) is 8.53. The van der Waals surface area contributed by atoms with E-state index >= 15 is 0 Å². The van der Waals surface area contributed by atoms with Gasteiger partial charge >= 0.3 is 0 Å². The summed E-state index contributed by atoms with van der Waals surface area (Å²) in [6, 6.07) is 0. The molecule has 0 aliphatic carbocycles. The number of rotatable bonds is 7. The molecule has 4 nitrogen and oxygen atoms in total. The van der Waals surface area contributed by atoms with Gasteiger partial charge in [0.1, 0.15) is 4.34 Å². The van der Waals surface area contributed by atoms with E-state index in [1.807, 2.05) is 30.4 Å². The molecule has 0 radical (unpaired) electrons. The van der Waals surface area contributed by atoms with E-state index < -0.39 is 0 Å². The number of hydrogen-bond acceptors (Lipinski definition) is 5. The van der Waals surface area contributed by atoms with Gasteiger partial charge in [-0.25, -0.2) is 4.98 Å². The highest BCUT2D eigenvalue weighted by molar-refractivity contribution is 8.01. The fraction of sp³-hybridized carbons (Fsp3) is 0.692. The van der Waals surface area contributed by atoms with Crippen LogP contribution in [0.4, 0.5) is 0 Å². The molecule has 1 aromatic rings. The molecule has 2 N–H and O–H groups in total. The quantitative estimate of drug-likeness (QED) is 0.348. The van der Waals surface area contributed by atoms with Gasteiger partial charge in [0, 0.05) is 42.7 Å². The highest BCUT2D eigenvalue weighted by atomic mass is 32.2. The number of nitrogens with zero attached hydrogens (tertiary/aromatic N) is 2. The molecule has 1 fully saturated rings. The summed E-state index contributed by atoms with van der Waals surface area (Å²) >= 11 is 5.60. The number of nitrogens with one attached hydrogen (secondary N) is 2. The van der Waals surface area contributed by atoms with Crippen LogP contribution in [-0.4, -0.2) is 47.8 Å². The molecule has 0 amide bonds. The number of thioether (sulfide) groups is 2. The van der Waals surface area contributed by atoms with Crippen molar-refractivity contribution in [3.8, 4) is 0 Å². The molecule has 1 aliphatic heterocycles. The average molecular weight is 331 g/mol. The summed E-state index contributed by atoms with van der Waals surface area (Å²) in [6.45, 7) is 1.98. The number of aromatic nitrogens is 1. The summed E-state index contributed by atoms with van der Waals surface area (Å²) in [5.41, 5.74) is 0. The molecule has 0 bridgehead atoms. The van der Waals surface area contributed by atoms with Gasteiger partial charge in [0.15, 0.2) is 5.96 Å². The number of guanidine groups is 1. The molecule has 1 aliphatic rings. The second kappa shape index (κ2) is 9.52. The Morgan fingerprint density at radius 1 is 1.55 bits per heavy atom. The van der Waals surface area contributed by atoms with Crippen LogP contribution in [0.15, 0.2) is 20.9 Å². The zero-order valence-electron chi connectivity index (χ0n) is 11.8. The fourth-order valence-electron chi connectivity index (χ4n) is 1.96. The normalized spacial score (nSPS) is 19.2. The summed E-state index contributed by atoms with van der Waals surface area (Å²) < 4.78 is 1.16. The van der Waals surface area contributed by atoms with E-state index in [0.717, 1.165) is 40.8 Å². The van der Waals surface area contributed by atoms with Gasteiger partial charge in [0.05, 0.1) is 0 Å². The van der Waals surface area contributed by atoms with Gasteiger partial charge in [-0.05, 0) is 25.0 Å². The third-order valence-electron chi connectivity index (χ3n) is 2.99. The fourth-order valence-corrected chi connectivity index (χ4v) is 4.81. The summed E-state index contributed by atoms with van der Waals surface area (Å²) in [5, 5.41) is 9.57. The van der Waals surface area contributed by atoms with Crippen molar-refractivity contribution in [2.45, 2.75) is 28.9 Å². The van der Waals surface area contributed by atoms with Gasteiger partial charge in [0.25, 0.3) is 0 Å².